The minimum atomic E-state index is 0.522. The van der Waals surface area contributed by atoms with Crippen LogP contribution in [0, 0.1) is 0 Å². The Hall–Kier alpha value is -1.22. The molecule has 1 aliphatic rings. The van der Waals surface area contributed by atoms with Gasteiger partial charge in [-0.1, -0.05) is 6.07 Å². The van der Waals surface area contributed by atoms with E-state index in [0.29, 0.717) is 12.1 Å². The summed E-state index contributed by atoms with van der Waals surface area (Å²) in [6.07, 6.45) is 2.19. The van der Waals surface area contributed by atoms with Gasteiger partial charge in [-0.3, -0.25) is 0 Å². The average molecular weight is 220 g/mol. The van der Waals surface area contributed by atoms with Gasteiger partial charge in [0.15, 0.2) is 0 Å². The molecular weight excluding hydrogens is 200 g/mol. The number of hydrogen-bond donors (Lipinski definition) is 2. The Kier molecular flexibility index (Phi) is 3.34. The third-order valence-corrected chi connectivity index (χ3v) is 3.29. The van der Waals surface area contributed by atoms with Gasteiger partial charge in [-0.05, 0) is 38.9 Å². The molecule has 16 heavy (non-hydrogen) atoms. The molecule has 2 rings (SSSR count). The fourth-order valence-electron chi connectivity index (χ4n) is 2.31. The van der Waals surface area contributed by atoms with Crippen LogP contribution in [0.2, 0.25) is 0 Å². The van der Waals surface area contributed by atoms with Crippen molar-refractivity contribution in [2.75, 3.05) is 19.5 Å². The predicted molar refractivity (Wildman–Crippen MR) is 67.2 cm³/mol. The lowest BCUT2D eigenvalue weighted by molar-refractivity contribution is 0.409. The first-order valence-corrected chi connectivity index (χ1v) is 5.84. The van der Waals surface area contributed by atoms with Gasteiger partial charge in [-0.2, -0.15) is 0 Å². The van der Waals surface area contributed by atoms with Crippen molar-refractivity contribution in [3.63, 3.8) is 0 Å². The largest absolute Gasteiger partial charge is 0.496 e. The van der Waals surface area contributed by atoms with Crippen molar-refractivity contribution in [3.05, 3.63) is 23.8 Å². The Morgan fingerprint density at radius 2 is 2.38 bits per heavy atom. The Morgan fingerprint density at radius 1 is 1.56 bits per heavy atom. The molecule has 3 nitrogen and oxygen atoms in total. The normalized spacial score (nSPS) is 20.1. The molecule has 2 atom stereocenters. The highest BCUT2D eigenvalue weighted by atomic mass is 16.5. The van der Waals surface area contributed by atoms with Crippen LogP contribution in [-0.4, -0.2) is 26.2 Å². The molecule has 2 N–H and O–H groups in total. The summed E-state index contributed by atoms with van der Waals surface area (Å²) in [5.74, 6) is 1.00. The maximum atomic E-state index is 5.38. The third-order valence-electron chi connectivity index (χ3n) is 3.29. The third kappa shape index (κ3) is 2.14. The van der Waals surface area contributed by atoms with Gasteiger partial charge >= 0.3 is 0 Å². The second-order valence-electron chi connectivity index (χ2n) is 4.46. The summed E-state index contributed by atoms with van der Waals surface area (Å²) < 4.78 is 5.38. The fourth-order valence-corrected chi connectivity index (χ4v) is 2.31. The highest BCUT2D eigenvalue weighted by Gasteiger charge is 2.24. The van der Waals surface area contributed by atoms with E-state index in [2.05, 4.69) is 23.6 Å². The van der Waals surface area contributed by atoms with Gasteiger partial charge in [-0.25, -0.2) is 0 Å². The van der Waals surface area contributed by atoms with Crippen LogP contribution in [0.5, 0.6) is 5.75 Å². The maximum Gasteiger partial charge on any atom is 0.124 e. The monoisotopic (exact) mass is 220 g/mol. The van der Waals surface area contributed by atoms with Gasteiger partial charge in [0, 0.05) is 23.3 Å². The molecule has 1 heterocycles. The van der Waals surface area contributed by atoms with E-state index in [-0.39, 0.29) is 0 Å². The molecular formula is C13H20N2O. The quantitative estimate of drug-likeness (QED) is 0.814. The summed E-state index contributed by atoms with van der Waals surface area (Å²) in [6, 6.07) is 7.26. The first-order valence-electron chi connectivity index (χ1n) is 5.84. The molecule has 1 aromatic carbocycles. The lowest BCUT2D eigenvalue weighted by atomic mass is 10.0. The van der Waals surface area contributed by atoms with E-state index in [9.17, 15) is 0 Å². The molecule has 2 unspecified atom stereocenters. The number of hydrogen-bond acceptors (Lipinski definition) is 3. The van der Waals surface area contributed by atoms with Crippen LogP contribution >= 0.6 is 0 Å². The Labute approximate surface area is 97.2 Å². The minimum Gasteiger partial charge on any atom is -0.496 e. The van der Waals surface area contributed by atoms with E-state index in [1.54, 1.807) is 7.11 Å². The molecule has 88 valence electrons. The Bertz CT molecular complexity index is 365. The lowest BCUT2D eigenvalue weighted by Crippen LogP contribution is -2.29. The van der Waals surface area contributed by atoms with Crippen LogP contribution < -0.4 is 15.4 Å². The SMILES string of the molecule is CNC(C)CC1Cc2c(cccc2OC)N1. The van der Waals surface area contributed by atoms with Crippen molar-refractivity contribution in [1.82, 2.24) is 5.32 Å². The number of nitrogens with one attached hydrogen (secondary N) is 2. The number of ether oxygens (including phenoxy) is 1. The number of rotatable bonds is 4. The van der Waals surface area contributed by atoms with Gasteiger partial charge in [-0.15, -0.1) is 0 Å². The highest BCUT2D eigenvalue weighted by Crippen LogP contribution is 2.34. The number of fused-ring (bicyclic) bond motifs is 1. The molecule has 0 radical (unpaired) electrons. The van der Waals surface area contributed by atoms with Crippen molar-refractivity contribution in [2.45, 2.75) is 31.8 Å². The molecule has 0 saturated carbocycles. The molecule has 0 fully saturated rings. The first-order chi connectivity index (χ1) is 7.74. The summed E-state index contributed by atoms with van der Waals surface area (Å²) in [7, 11) is 3.74. The molecule has 0 spiro atoms. The molecule has 0 saturated heterocycles. The van der Waals surface area contributed by atoms with E-state index in [1.165, 1.54) is 11.3 Å². The summed E-state index contributed by atoms with van der Waals surface area (Å²) in [5, 5.41) is 6.83. The summed E-state index contributed by atoms with van der Waals surface area (Å²) in [6.45, 7) is 2.21. The number of methoxy groups -OCH3 is 1. The summed E-state index contributed by atoms with van der Waals surface area (Å²) in [4.78, 5) is 0. The zero-order valence-corrected chi connectivity index (χ0v) is 10.2. The van der Waals surface area contributed by atoms with Crippen LogP contribution in [0.15, 0.2) is 18.2 Å². The number of benzene rings is 1. The zero-order valence-electron chi connectivity index (χ0n) is 10.2. The Balaban J connectivity index is 2.09. The topological polar surface area (TPSA) is 33.3 Å². The van der Waals surface area contributed by atoms with Gasteiger partial charge in [0.1, 0.15) is 5.75 Å². The maximum absolute atomic E-state index is 5.38. The van der Waals surface area contributed by atoms with Crippen molar-refractivity contribution in [1.29, 1.82) is 0 Å². The summed E-state index contributed by atoms with van der Waals surface area (Å²) in [5.41, 5.74) is 2.55. The van der Waals surface area contributed by atoms with E-state index >= 15 is 0 Å². The van der Waals surface area contributed by atoms with Gasteiger partial charge in [0.25, 0.3) is 0 Å². The van der Waals surface area contributed by atoms with E-state index < -0.39 is 0 Å². The number of anilines is 1. The molecule has 0 bridgehead atoms. The van der Waals surface area contributed by atoms with Crippen molar-refractivity contribution in [2.24, 2.45) is 0 Å². The minimum absolute atomic E-state index is 0.522. The van der Waals surface area contributed by atoms with E-state index in [4.69, 9.17) is 4.74 Å². The van der Waals surface area contributed by atoms with Crippen molar-refractivity contribution in [3.8, 4) is 5.75 Å². The zero-order chi connectivity index (χ0) is 11.5. The fraction of sp³-hybridized carbons (Fsp3) is 0.538. The molecule has 1 aromatic rings. The molecule has 0 aromatic heterocycles. The predicted octanol–water partition coefficient (Wildman–Crippen LogP) is 2.03. The molecule has 0 amide bonds. The second kappa shape index (κ2) is 4.74. The molecule has 3 heteroatoms. The van der Waals surface area contributed by atoms with E-state index in [1.807, 2.05) is 19.2 Å². The van der Waals surface area contributed by atoms with Crippen LogP contribution in [0.1, 0.15) is 18.9 Å². The van der Waals surface area contributed by atoms with Crippen LogP contribution in [-0.2, 0) is 6.42 Å². The van der Waals surface area contributed by atoms with Gasteiger partial charge in [0.2, 0.25) is 0 Å². The van der Waals surface area contributed by atoms with E-state index in [0.717, 1.165) is 18.6 Å². The average Bonchev–Trinajstić information content (AvgIpc) is 2.70. The van der Waals surface area contributed by atoms with Gasteiger partial charge in [0.05, 0.1) is 7.11 Å². The molecule has 0 aliphatic carbocycles. The standard InChI is InChI=1S/C13H20N2O/c1-9(14-2)7-10-8-11-12(15-10)5-4-6-13(11)16-3/h4-6,9-10,14-15H,7-8H2,1-3H3. The van der Waals surface area contributed by atoms with Gasteiger partial charge < -0.3 is 15.4 Å². The summed E-state index contributed by atoms with van der Waals surface area (Å²) >= 11 is 0. The Morgan fingerprint density at radius 3 is 3.06 bits per heavy atom. The van der Waals surface area contributed by atoms with Crippen LogP contribution in [0.25, 0.3) is 0 Å². The van der Waals surface area contributed by atoms with Crippen molar-refractivity contribution < 1.29 is 4.74 Å². The van der Waals surface area contributed by atoms with Crippen LogP contribution in [0.3, 0.4) is 0 Å². The first kappa shape index (κ1) is 11.3. The smallest absolute Gasteiger partial charge is 0.124 e. The van der Waals surface area contributed by atoms with Crippen LogP contribution in [0.4, 0.5) is 5.69 Å². The second-order valence-corrected chi connectivity index (χ2v) is 4.46. The highest BCUT2D eigenvalue weighted by molar-refractivity contribution is 5.62. The van der Waals surface area contributed by atoms with Crippen molar-refractivity contribution >= 4 is 5.69 Å². The molecule has 1 aliphatic heterocycles. The lowest BCUT2D eigenvalue weighted by Gasteiger charge is -2.16.